The average molecular weight is 482 g/mol. The SMILES string of the molecule is CSCCC(NC(=O)c1ccccc1Br)C(=O)Nc1nc2c(s1)CC(C)CC2. The highest BCUT2D eigenvalue weighted by Crippen LogP contribution is 2.32. The number of nitrogens with zero attached hydrogens (tertiary/aromatic N) is 1. The minimum Gasteiger partial charge on any atom is -0.340 e. The first-order chi connectivity index (χ1) is 13.5. The number of anilines is 1. The van der Waals surface area contributed by atoms with Crippen LogP contribution in [0.2, 0.25) is 0 Å². The van der Waals surface area contributed by atoms with Gasteiger partial charge in [0.25, 0.3) is 5.91 Å². The molecular weight excluding hydrogens is 458 g/mol. The van der Waals surface area contributed by atoms with Crippen LogP contribution in [0.15, 0.2) is 28.7 Å². The second kappa shape index (κ2) is 9.89. The zero-order chi connectivity index (χ0) is 20.1. The molecule has 1 aliphatic rings. The fourth-order valence-corrected chi connectivity index (χ4v) is 5.28. The van der Waals surface area contributed by atoms with Gasteiger partial charge in [0, 0.05) is 9.35 Å². The molecule has 8 heteroatoms. The number of carbonyl (C=O) groups excluding carboxylic acids is 2. The highest BCUT2D eigenvalue weighted by atomic mass is 79.9. The maximum Gasteiger partial charge on any atom is 0.253 e. The predicted octanol–water partition coefficient (Wildman–Crippen LogP) is 4.52. The number of aryl methyl sites for hydroxylation is 1. The molecule has 1 aromatic heterocycles. The third kappa shape index (κ3) is 5.36. The molecule has 2 N–H and O–H groups in total. The fraction of sp³-hybridized carbons (Fsp3) is 0.450. The van der Waals surface area contributed by atoms with Gasteiger partial charge in [0.2, 0.25) is 5.91 Å². The molecule has 0 saturated carbocycles. The van der Waals surface area contributed by atoms with Crippen molar-refractivity contribution < 1.29 is 9.59 Å². The van der Waals surface area contributed by atoms with Crippen LogP contribution >= 0.6 is 39.0 Å². The largest absolute Gasteiger partial charge is 0.340 e. The Kier molecular flexibility index (Phi) is 7.54. The standard InChI is InChI=1S/C20H24BrN3O2S2/c1-12-7-8-15-17(11-12)28-20(23-15)24-19(26)16(9-10-27-2)22-18(25)13-5-3-4-6-14(13)21/h3-6,12,16H,7-11H2,1-2H3,(H,22,25)(H,23,24,26). The molecule has 1 aromatic carbocycles. The van der Waals surface area contributed by atoms with Gasteiger partial charge in [-0.15, -0.1) is 11.3 Å². The van der Waals surface area contributed by atoms with E-state index in [4.69, 9.17) is 0 Å². The number of hydrogen-bond acceptors (Lipinski definition) is 5. The molecule has 0 radical (unpaired) electrons. The molecule has 1 aliphatic carbocycles. The molecular formula is C20H24BrN3O2S2. The van der Waals surface area contributed by atoms with Crippen molar-refractivity contribution in [1.29, 1.82) is 0 Å². The molecule has 28 heavy (non-hydrogen) atoms. The van der Waals surface area contributed by atoms with Crippen molar-refractivity contribution in [3.05, 3.63) is 44.9 Å². The number of hydrogen-bond donors (Lipinski definition) is 2. The molecule has 150 valence electrons. The van der Waals surface area contributed by atoms with Crippen molar-refractivity contribution in [3.63, 3.8) is 0 Å². The maximum atomic E-state index is 12.9. The average Bonchev–Trinajstić information content (AvgIpc) is 3.06. The number of aromatic nitrogens is 1. The highest BCUT2D eigenvalue weighted by Gasteiger charge is 2.25. The van der Waals surface area contributed by atoms with Gasteiger partial charge in [0.15, 0.2) is 5.13 Å². The lowest BCUT2D eigenvalue weighted by atomic mass is 9.93. The summed E-state index contributed by atoms with van der Waals surface area (Å²) < 4.78 is 0.707. The second-order valence-corrected chi connectivity index (χ2v) is 9.94. The molecule has 0 fully saturated rings. The summed E-state index contributed by atoms with van der Waals surface area (Å²) in [5.41, 5.74) is 1.62. The van der Waals surface area contributed by atoms with E-state index in [1.54, 1.807) is 35.2 Å². The van der Waals surface area contributed by atoms with Crippen LogP contribution in [0.3, 0.4) is 0 Å². The van der Waals surface area contributed by atoms with E-state index in [-0.39, 0.29) is 11.8 Å². The lowest BCUT2D eigenvalue weighted by molar-refractivity contribution is -0.118. The van der Waals surface area contributed by atoms with Crippen LogP contribution in [0.4, 0.5) is 5.13 Å². The van der Waals surface area contributed by atoms with Crippen molar-refractivity contribution >= 4 is 56.0 Å². The molecule has 2 aromatic rings. The molecule has 2 amide bonds. The Morgan fingerprint density at radius 1 is 1.39 bits per heavy atom. The molecule has 0 bridgehead atoms. The van der Waals surface area contributed by atoms with E-state index < -0.39 is 6.04 Å². The van der Waals surface area contributed by atoms with Crippen molar-refractivity contribution in [2.24, 2.45) is 5.92 Å². The Morgan fingerprint density at radius 3 is 2.93 bits per heavy atom. The summed E-state index contributed by atoms with van der Waals surface area (Å²) in [5, 5.41) is 6.44. The van der Waals surface area contributed by atoms with Crippen LogP contribution in [0, 0.1) is 5.92 Å². The summed E-state index contributed by atoms with van der Waals surface area (Å²) in [6, 6.07) is 6.60. The Bertz CT molecular complexity index is 856. The first-order valence-corrected chi connectivity index (χ1v) is 12.3. The number of rotatable bonds is 7. The number of fused-ring (bicyclic) bond motifs is 1. The summed E-state index contributed by atoms with van der Waals surface area (Å²) in [7, 11) is 0. The van der Waals surface area contributed by atoms with E-state index >= 15 is 0 Å². The topological polar surface area (TPSA) is 71.1 Å². The first kappa shape index (κ1) is 21.3. The maximum absolute atomic E-state index is 12.9. The van der Waals surface area contributed by atoms with Gasteiger partial charge in [-0.05, 0) is 71.7 Å². The summed E-state index contributed by atoms with van der Waals surface area (Å²) in [5.74, 6) is 0.962. The van der Waals surface area contributed by atoms with E-state index in [9.17, 15) is 9.59 Å². The molecule has 2 unspecified atom stereocenters. The molecule has 0 spiro atoms. The molecule has 5 nitrogen and oxygen atoms in total. The van der Waals surface area contributed by atoms with Gasteiger partial charge in [-0.25, -0.2) is 4.98 Å². The highest BCUT2D eigenvalue weighted by molar-refractivity contribution is 9.10. The van der Waals surface area contributed by atoms with Gasteiger partial charge in [-0.1, -0.05) is 19.1 Å². The van der Waals surface area contributed by atoms with E-state index in [1.807, 2.05) is 18.4 Å². The molecule has 0 saturated heterocycles. The number of nitrogens with one attached hydrogen (secondary N) is 2. The number of amides is 2. The van der Waals surface area contributed by atoms with Gasteiger partial charge >= 0.3 is 0 Å². The fourth-order valence-electron chi connectivity index (χ4n) is 3.17. The number of benzene rings is 1. The number of thioether (sulfide) groups is 1. The molecule has 2 atom stereocenters. The van der Waals surface area contributed by atoms with Crippen molar-refractivity contribution in [2.75, 3.05) is 17.3 Å². The summed E-state index contributed by atoms with van der Waals surface area (Å²) in [4.78, 5) is 31.4. The second-order valence-electron chi connectivity index (χ2n) is 7.01. The zero-order valence-electron chi connectivity index (χ0n) is 16.0. The molecule has 0 aliphatic heterocycles. The van der Waals surface area contributed by atoms with Crippen LogP contribution in [0.5, 0.6) is 0 Å². The Labute approximate surface area is 182 Å². The van der Waals surface area contributed by atoms with Gasteiger partial charge in [0.1, 0.15) is 6.04 Å². The minimum absolute atomic E-state index is 0.214. The number of thiazole rings is 1. The lowest BCUT2D eigenvalue weighted by Crippen LogP contribution is -2.44. The van der Waals surface area contributed by atoms with Gasteiger partial charge < -0.3 is 10.6 Å². The van der Waals surface area contributed by atoms with E-state index in [1.165, 1.54) is 4.88 Å². The van der Waals surface area contributed by atoms with Crippen molar-refractivity contribution in [3.8, 4) is 0 Å². The smallest absolute Gasteiger partial charge is 0.253 e. The van der Waals surface area contributed by atoms with Crippen LogP contribution in [0.25, 0.3) is 0 Å². The zero-order valence-corrected chi connectivity index (χ0v) is 19.2. The molecule has 1 heterocycles. The van der Waals surface area contributed by atoms with E-state index in [2.05, 4.69) is 38.5 Å². The summed E-state index contributed by atoms with van der Waals surface area (Å²) in [6.45, 7) is 2.25. The predicted molar refractivity (Wildman–Crippen MR) is 120 cm³/mol. The van der Waals surface area contributed by atoms with Crippen molar-refractivity contribution in [1.82, 2.24) is 10.3 Å². The third-order valence-corrected chi connectivity index (χ3v) is 7.14. The van der Waals surface area contributed by atoms with E-state index in [0.29, 0.717) is 27.5 Å². The van der Waals surface area contributed by atoms with E-state index in [0.717, 1.165) is 30.7 Å². The van der Waals surface area contributed by atoms with Gasteiger partial charge in [0.05, 0.1) is 11.3 Å². The van der Waals surface area contributed by atoms with Crippen molar-refractivity contribution in [2.45, 2.75) is 38.6 Å². The summed E-state index contributed by atoms with van der Waals surface area (Å²) in [6.07, 6.45) is 5.68. The first-order valence-electron chi connectivity index (χ1n) is 9.31. The quantitative estimate of drug-likeness (QED) is 0.609. The third-order valence-electron chi connectivity index (χ3n) is 4.77. The Morgan fingerprint density at radius 2 is 2.18 bits per heavy atom. The Balaban J connectivity index is 1.69. The van der Waals surface area contributed by atoms with Crippen LogP contribution in [-0.4, -0.2) is 34.8 Å². The van der Waals surface area contributed by atoms with Gasteiger partial charge in [-0.2, -0.15) is 11.8 Å². The normalized spacial score (nSPS) is 16.9. The minimum atomic E-state index is -0.605. The van der Waals surface area contributed by atoms with Gasteiger partial charge in [-0.3, -0.25) is 9.59 Å². The van der Waals surface area contributed by atoms with Crippen LogP contribution in [-0.2, 0) is 17.6 Å². The summed E-state index contributed by atoms with van der Waals surface area (Å²) >= 11 is 6.60. The number of carbonyl (C=O) groups is 2. The number of halogens is 1. The Hall–Kier alpha value is -1.38. The van der Waals surface area contributed by atoms with Crippen LogP contribution in [0.1, 0.15) is 40.7 Å². The lowest BCUT2D eigenvalue weighted by Gasteiger charge is -2.18. The molecule has 3 rings (SSSR count). The monoisotopic (exact) mass is 481 g/mol. The van der Waals surface area contributed by atoms with Crippen LogP contribution < -0.4 is 10.6 Å².